The van der Waals surface area contributed by atoms with Gasteiger partial charge in [0.05, 0.1) is 11.0 Å². The molecule has 0 radical (unpaired) electrons. The molecule has 2 heterocycles. The molecule has 0 unspecified atom stereocenters. The zero-order chi connectivity index (χ0) is 14.8. The Morgan fingerprint density at radius 2 is 1.77 bits per heavy atom. The molecular weight excluding hydrogens is 276 g/mol. The fraction of sp³-hybridized carbons (Fsp3) is 0.0588. The first-order valence-electron chi connectivity index (χ1n) is 7.06. The highest BCUT2D eigenvalue weighted by atomic mass is 16.5. The maximum absolute atomic E-state index is 5.68. The molecule has 2 aromatic carbocycles. The van der Waals surface area contributed by atoms with Gasteiger partial charge in [0.2, 0.25) is 5.88 Å². The van der Waals surface area contributed by atoms with Gasteiger partial charge in [-0.3, -0.25) is 5.10 Å². The molecule has 0 saturated heterocycles. The predicted octanol–water partition coefficient (Wildman–Crippen LogP) is 3.53. The molecule has 4 rings (SSSR count). The van der Waals surface area contributed by atoms with Crippen LogP contribution in [0.5, 0.6) is 5.88 Å². The monoisotopic (exact) mass is 290 g/mol. The number of H-pyrrole nitrogens is 2. The van der Waals surface area contributed by atoms with Crippen LogP contribution in [-0.2, 0) is 6.61 Å². The van der Waals surface area contributed by atoms with Crippen molar-refractivity contribution in [1.29, 1.82) is 0 Å². The molecule has 0 atom stereocenters. The molecule has 0 spiro atoms. The van der Waals surface area contributed by atoms with E-state index in [1.807, 2.05) is 60.7 Å². The van der Waals surface area contributed by atoms with E-state index >= 15 is 0 Å². The van der Waals surface area contributed by atoms with E-state index in [2.05, 4.69) is 20.2 Å². The second-order valence-corrected chi connectivity index (χ2v) is 5.00. The minimum absolute atomic E-state index is 0.491. The summed E-state index contributed by atoms with van der Waals surface area (Å²) in [5.74, 6) is 1.31. The smallest absolute Gasteiger partial charge is 0.233 e. The van der Waals surface area contributed by atoms with Gasteiger partial charge in [-0.2, -0.15) is 0 Å². The molecular formula is C17H14N4O. The van der Waals surface area contributed by atoms with E-state index in [0.717, 1.165) is 28.1 Å². The van der Waals surface area contributed by atoms with Crippen LogP contribution in [0.4, 0.5) is 0 Å². The molecule has 0 fully saturated rings. The second kappa shape index (κ2) is 5.37. The van der Waals surface area contributed by atoms with Crippen LogP contribution in [0.3, 0.4) is 0 Å². The number of fused-ring (bicyclic) bond motifs is 1. The summed E-state index contributed by atoms with van der Waals surface area (Å²) in [6, 6.07) is 19.8. The summed E-state index contributed by atoms with van der Waals surface area (Å²) in [5, 5.41) is 7.12. The Kier molecular flexibility index (Phi) is 3.08. The number of nitrogens with zero attached hydrogens (tertiary/aromatic N) is 2. The minimum atomic E-state index is 0.491. The Morgan fingerprint density at radius 3 is 2.64 bits per heavy atom. The highest BCUT2D eigenvalue weighted by Crippen LogP contribution is 2.21. The van der Waals surface area contributed by atoms with Crippen LogP contribution in [0.2, 0.25) is 0 Å². The third-order valence-electron chi connectivity index (χ3n) is 3.43. The lowest BCUT2D eigenvalue weighted by molar-refractivity contribution is 0.293. The molecule has 5 heteroatoms. The predicted molar refractivity (Wildman–Crippen MR) is 84.4 cm³/mol. The maximum Gasteiger partial charge on any atom is 0.233 e. The largest absolute Gasteiger partial charge is 0.472 e. The van der Waals surface area contributed by atoms with Gasteiger partial charge in [0, 0.05) is 6.07 Å². The quantitative estimate of drug-likeness (QED) is 0.604. The molecule has 108 valence electrons. The number of hydrogen-bond acceptors (Lipinski definition) is 3. The molecule has 0 aliphatic carbocycles. The fourth-order valence-electron chi connectivity index (χ4n) is 2.31. The van der Waals surface area contributed by atoms with Crippen molar-refractivity contribution in [3.05, 3.63) is 66.2 Å². The van der Waals surface area contributed by atoms with Gasteiger partial charge in [0.1, 0.15) is 12.3 Å². The topological polar surface area (TPSA) is 66.6 Å². The molecule has 0 bridgehead atoms. The molecule has 22 heavy (non-hydrogen) atoms. The summed E-state index contributed by atoms with van der Waals surface area (Å²) in [4.78, 5) is 7.79. The Hall–Kier alpha value is -3.08. The third kappa shape index (κ3) is 2.44. The van der Waals surface area contributed by atoms with Gasteiger partial charge >= 0.3 is 0 Å². The zero-order valence-corrected chi connectivity index (χ0v) is 11.8. The number of rotatable bonds is 4. The number of benzene rings is 2. The van der Waals surface area contributed by atoms with Crippen molar-refractivity contribution in [1.82, 2.24) is 20.2 Å². The number of nitrogens with one attached hydrogen (secondary N) is 2. The van der Waals surface area contributed by atoms with Crippen molar-refractivity contribution in [2.75, 3.05) is 0 Å². The van der Waals surface area contributed by atoms with Gasteiger partial charge in [-0.25, -0.2) is 4.98 Å². The van der Waals surface area contributed by atoms with Gasteiger partial charge in [-0.15, -0.1) is 5.10 Å². The summed E-state index contributed by atoms with van der Waals surface area (Å²) in [7, 11) is 0. The Labute approximate surface area is 127 Å². The van der Waals surface area contributed by atoms with Crippen LogP contribution in [0, 0.1) is 0 Å². The van der Waals surface area contributed by atoms with Crippen LogP contribution in [0.1, 0.15) is 5.56 Å². The van der Waals surface area contributed by atoms with Crippen molar-refractivity contribution >= 4 is 11.0 Å². The molecule has 0 saturated carbocycles. The SMILES string of the molecule is c1ccc(COc2cc(-c3nc4ccccc4[nH]3)[nH]n2)cc1. The van der Waals surface area contributed by atoms with Crippen molar-refractivity contribution < 1.29 is 4.74 Å². The first-order chi connectivity index (χ1) is 10.9. The highest BCUT2D eigenvalue weighted by Gasteiger charge is 2.09. The molecule has 4 aromatic rings. The number of hydrogen-bond donors (Lipinski definition) is 2. The van der Waals surface area contributed by atoms with Gasteiger partial charge in [0.15, 0.2) is 5.82 Å². The lowest BCUT2D eigenvalue weighted by Gasteiger charge is -2.01. The molecule has 2 N–H and O–H groups in total. The highest BCUT2D eigenvalue weighted by molar-refractivity contribution is 5.78. The molecule has 0 amide bonds. The first kappa shape index (κ1) is 12.6. The van der Waals surface area contributed by atoms with Crippen LogP contribution >= 0.6 is 0 Å². The van der Waals surface area contributed by atoms with E-state index in [1.165, 1.54) is 0 Å². The van der Waals surface area contributed by atoms with Crippen LogP contribution in [-0.4, -0.2) is 20.2 Å². The number of aromatic nitrogens is 4. The summed E-state index contributed by atoms with van der Waals surface area (Å²) in [6.07, 6.45) is 0. The summed E-state index contributed by atoms with van der Waals surface area (Å²) in [5.41, 5.74) is 3.84. The van der Waals surface area contributed by atoms with Crippen molar-refractivity contribution in [3.8, 4) is 17.4 Å². The molecule has 0 aliphatic rings. The molecule has 5 nitrogen and oxygen atoms in total. The lowest BCUT2D eigenvalue weighted by atomic mass is 10.2. The van der Waals surface area contributed by atoms with E-state index in [-0.39, 0.29) is 0 Å². The van der Waals surface area contributed by atoms with Crippen molar-refractivity contribution in [2.45, 2.75) is 6.61 Å². The van der Waals surface area contributed by atoms with Gasteiger partial charge < -0.3 is 9.72 Å². The average molecular weight is 290 g/mol. The normalized spacial score (nSPS) is 10.9. The standard InChI is InChI=1S/C17H14N4O/c1-2-6-12(7-3-1)11-22-16-10-15(20-21-16)17-18-13-8-4-5-9-14(13)19-17/h1-10H,11H2,(H,18,19)(H,20,21). The fourth-order valence-corrected chi connectivity index (χ4v) is 2.31. The second-order valence-electron chi connectivity index (χ2n) is 5.00. The number of imidazole rings is 1. The van der Waals surface area contributed by atoms with Crippen LogP contribution < -0.4 is 4.74 Å². The lowest BCUT2D eigenvalue weighted by Crippen LogP contribution is -1.94. The Bertz CT molecular complexity index is 862. The van der Waals surface area contributed by atoms with E-state index in [9.17, 15) is 0 Å². The van der Waals surface area contributed by atoms with Crippen LogP contribution in [0.15, 0.2) is 60.7 Å². The molecule has 2 aromatic heterocycles. The summed E-state index contributed by atoms with van der Waals surface area (Å²) in [6.45, 7) is 0.491. The van der Waals surface area contributed by atoms with E-state index < -0.39 is 0 Å². The van der Waals surface area contributed by atoms with Crippen molar-refractivity contribution in [2.24, 2.45) is 0 Å². The Balaban J connectivity index is 1.53. The van der Waals surface area contributed by atoms with E-state index in [4.69, 9.17) is 4.74 Å². The first-order valence-corrected chi connectivity index (χ1v) is 7.06. The van der Waals surface area contributed by atoms with E-state index in [1.54, 1.807) is 0 Å². The minimum Gasteiger partial charge on any atom is -0.472 e. The number of aromatic amines is 2. The van der Waals surface area contributed by atoms with Crippen LogP contribution in [0.25, 0.3) is 22.6 Å². The summed E-state index contributed by atoms with van der Waals surface area (Å²) < 4.78 is 5.68. The summed E-state index contributed by atoms with van der Waals surface area (Å²) >= 11 is 0. The van der Waals surface area contributed by atoms with Gasteiger partial charge in [0.25, 0.3) is 0 Å². The number of ether oxygens (including phenoxy) is 1. The Morgan fingerprint density at radius 1 is 0.955 bits per heavy atom. The van der Waals surface area contributed by atoms with Gasteiger partial charge in [-0.05, 0) is 17.7 Å². The van der Waals surface area contributed by atoms with Gasteiger partial charge in [-0.1, -0.05) is 42.5 Å². The number of para-hydroxylation sites is 2. The average Bonchev–Trinajstić information content (AvgIpc) is 3.20. The third-order valence-corrected chi connectivity index (χ3v) is 3.43. The van der Waals surface area contributed by atoms with E-state index in [0.29, 0.717) is 12.5 Å². The maximum atomic E-state index is 5.68. The zero-order valence-electron chi connectivity index (χ0n) is 11.8. The van der Waals surface area contributed by atoms with Crippen molar-refractivity contribution in [3.63, 3.8) is 0 Å². The molecule has 0 aliphatic heterocycles.